The number of aryl methyl sites for hydroxylation is 1. The van der Waals surface area contributed by atoms with Crippen LogP contribution < -0.4 is 15.0 Å². The molecule has 3 heterocycles. The lowest BCUT2D eigenvalue weighted by Crippen LogP contribution is -2.36. The minimum absolute atomic E-state index is 0.0723. The minimum atomic E-state index is -0.576. The monoisotopic (exact) mass is 559 g/mol. The van der Waals surface area contributed by atoms with Crippen molar-refractivity contribution in [1.29, 1.82) is 0 Å². The molecule has 4 aromatic rings. The summed E-state index contributed by atoms with van der Waals surface area (Å²) < 4.78 is 12.6. The van der Waals surface area contributed by atoms with Gasteiger partial charge in [-0.15, -0.1) is 0 Å². The van der Waals surface area contributed by atoms with Crippen LogP contribution in [0, 0.1) is 10.1 Å². The number of aromatic nitrogens is 3. The first kappa shape index (κ1) is 27.8. The van der Waals surface area contributed by atoms with E-state index < -0.39 is 10.9 Å². The van der Waals surface area contributed by atoms with Gasteiger partial charge in [-0.2, -0.15) is 0 Å². The Morgan fingerprint density at radius 3 is 2.71 bits per heavy atom. The summed E-state index contributed by atoms with van der Waals surface area (Å²) in [6.07, 6.45) is 5.43. The van der Waals surface area contributed by atoms with Crippen molar-refractivity contribution in [3.63, 3.8) is 0 Å². The number of methoxy groups -OCH3 is 2. The molecule has 1 N–H and O–H groups in total. The summed E-state index contributed by atoms with van der Waals surface area (Å²) in [5.74, 6) is -0.0422. The molecule has 2 aromatic carbocycles. The standard InChI is InChI=1S/C29H33N7O5/c1-33-12-8-9-18(33)16-34(2)24-14-26(40-4)22(13-25(24)36(38)39)31-29-30-15-20(28(37)41-5)27(32-29)21-17-35(3)23-11-7-6-10-19(21)23/h6-7,10-11,13-15,17-18H,8-9,12,16H2,1-5H3,(H,30,31,32)/t18-/m0/s1. The van der Waals surface area contributed by atoms with E-state index in [4.69, 9.17) is 9.47 Å². The van der Waals surface area contributed by atoms with E-state index in [0.717, 1.165) is 35.9 Å². The predicted molar refractivity (Wildman–Crippen MR) is 157 cm³/mol. The molecule has 2 aromatic heterocycles. The van der Waals surface area contributed by atoms with Crippen molar-refractivity contribution in [1.82, 2.24) is 19.4 Å². The van der Waals surface area contributed by atoms with Crippen molar-refractivity contribution in [3.8, 4) is 17.0 Å². The molecule has 1 fully saturated rings. The Bertz CT molecular complexity index is 1620. The Labute approximate surface area is 237 Å². The number of fused-ring (bicyclic) bond motifs is 1. The van der Waals surface area contributed by atoms with Gasteiger partial charge in [-0.05, 0) is 32.5 Å². The molecule has 0 amide bonds. The number of nitro groups is 1. The number of nitrogens with one attached hydrogen (secondary N) is 1. The first-order valence-electron chi connectivity index (χ1n) is 13.3. The normalized spacial score (nSPS) is 15.2. The number of hydrogen-bond acceptors (Lipinski definition) is 10. The van der Waals surface area contributed by atoms with Gasteiger partial charge in [0.25, 0.3) is 5.69 Å². The zero-order valence-corrected chi connectivity index (χ0v) is 23.7. The molecule has 12 heteroatoms. The van der Waals surface area contributed by atoms with Gasteiger partial charge >= 0.3 is 5.97 Å². The Morgan fingerprint density at radius 2 is 2.02 bits per heavy atom. The van der Waals surface area contributed by atoms with Crippen LogP contribution in [0.1, 0.15) is 23.2 Å². The van der Waals surface area contributed by atoms with E-state index in [9.17, 15) is 14.9 Å². The first-order valence-corrected chi connectivity index (χ1v) is 13.3. The van der Waals surface area contributed by atoms with Crippen LogP contribution in [0.5, 0.6) is 5.75 Å². The van der Waals surface area contributed by atoms with Gasteiger partial charge in [0.05, 0.1) is 30.5 Å². The highest BCUT2D eigenvalue weighted by Gasteiger charge is 2.27. The number of rotatable bonds is 9. The molecule has 0 radical (unpaired) electrons. The quantitative estimate of drug-likeness (QED) is 0.176. The van der Waals surface area contributed by atoms with Crippen LogP contribution >= 0.6 is 0 Å². The fourth-order valence-electron chi connectivity index (χ4n) is 5.46. The van der Waals surface area contributed by atoms with Gasteiger partial charge in [0, 0.05) is 67.7 Å². The maximum Gasteiger partial charge on any atom is 0.341 e. The maximum atomic E-state index is 12.7. The van der Waals surface area contributed by atoms with Crippen LogP contribution in [0.2, 0.25) is 0 Å². The van der Waals surface area contributed by atoms with Crippen LogP contribution in [0.25, 0.3) is 22.2 Å². The maximum absolute atomic E-state index is 12.7. The van der Waals surface area contributed by atoms with Crippen LogP contribution in [-0.2, 0) is 11.8 Å². The second kappa shape index (κ2) is 11.4. The Hall–Kier alpha value is -4.71. The summed E-state index contributed by atoms with van der Waals surface area (Å²) in [6, 6.07) is 11.2. The van der Waals surface area contributed by atoms with Gasteiger partial charge in [-0.3, -0.25) is 10.1 Å². The summed E-state index contributed by atoms with van der Waals surface area (Å²) in [5.41, 5.74) is 2.96. The van der Waals surface area contributed by atoms with E-state index in [1.807, 2.05) is 54.0 Å². The van der Waals surface area contributed by atoms with E-state index in [1.165, 1.54) is 26.5 Å². The SMILES string of the molecule is COC(=O)c1cnc(Nc2cc([N+](=O)[O-])c(N(C)C[C@@H]3CCCN3C)cc2OC)nc1-c1cn(C)c2ccccc12. The molecule has 41 heavy (non-hydrogen) atoms. The molecule has 1 atom stereocenters. The number of benzene rings is 2. The molecule has 1 saturated heterocycles. The molecule has 12 nitrogen and oxygen atoms in total. The van der Waals surface area contributed by atoms with Gasteiger partial charge < -0.3 is 29.2 Å². The average Bonchev–Trinajstić information content (AvgIpc) is 3.54. The highest BCUT2D eigenvalue weighted by Crippen LogP contribution is 2.40. The predicted octanol–water partition coefficient (Wildman–Crippen LogP) is 4.61. The summed E-state index contributed by atoms with van der Waals surface area (Å²) in [6.45, 7) is 1.67. The van der Waals surface area contributed by atoms with Crippen LogP contribution in [-0.4, -0.2) is 77.8 Å². The number of nitrogens with zero attached hydrogens (tertiary/aromatic N) is 6. The average molecular weight is 560 g/mol. The van der Waals surface area contributed by atoms with E-state index in [0.29, 0.717) is 35.4 Å². The molecule has 1 aliphatic heterocycles. The van der Waals surface area contributed by atoms with Crippen molar-refractivity contribution in [2.45, 2.75) is 18.9 Å². The Balaban J connectivity index is 1.55. The highest BCUT2D eigenvalue weighted by molar-refractivity contribution is 6.02. The number of likely N-dealkylation sites (tertiary alicyclic amines) is 1. The van der Waals surface area contributed by atoms with Crippen molar-refractivity contribution in [3.05, 3.63) is 64.5 Å². The lowest BCUT2D eigenvalue weighted by atomic mass is 10.1. The number of para-hydroxylation sites is 1. The molecule has 0 unspecified atom stereocenters. The summed E-state index contributed by atoms with van der Waals surface area (Å²) in [7, 11) is 8.65. The number of carbonyl (C=O) groups is 1. The van der Waals surface area contributed by atoms with Gasteiger partial charge in [-0.25, -0.2) is 14.8 Å². The molecule has 0 spiro atoms. The number of likely N-dealkylation sites (N-methyl/N-ethyl adjacent to an activating group) is 2. The number of hydrogen-bond donors (Lipinski definition) is 1. The fourth-order valence-corrected chi connectivity index (χ4v) is 5.46. The van der Waals surface area contributed by atoms with Crippen molar-refractivity contribution in [2.24, 2.45) is 7.05 Å². The largest absolute Gasteiger partial charge is 0.494 e. The Kier molecular flexibility index (Phi) is 7.75. The first-order chi connectivity index (χ1) is 19.7. The number of nitro benzene ring substituents is 1. The highest BCUT2D eigenvalue weighted by atomic mass is 16.6. The van der Waals surface area contributed by atoms with Gasteiger partial charge in [0.2, 0.25) is 5.95 Å². The van der Waals surface area contributed by atoms with Crippen LogP contribution in [0.3, 0.4) is 0 Å². The third-order valence-corrected chi connectivity index (χ3v) is 7.65. The smallest absolute Gasteiger partial charge is 0.341 e. The summed E-state index contributed by atoms with van der Waals surface area (Å²) >= 11 is 0. The van der Waals surface area contributed by atoms with Crippen molar-refractivity contribution < 1.29 is 19.2 Å². The molecular formula is C29H33N7O5. The number of ether oxygens (including phenoxy) is 2. The Morgan fingerprint density at radius 1 is 1.24 bits per heavy atom. The summed E-state index contributed by atoms with van der Waals surface area (Å²) in [5, 5.41) is 16.1. The third-order valence-electron chi connectivity index (χ3n) is 7.65. The number of anilines is 3. The fraction of sp³-hybridized carbons (Fsp3) is 0.345. The minimum Gasteiger partial charge on any atom is -0.494 e. The molecule has 0 bridgehead atoms. The van der Waals surface area contributed by atoms with E-state index >= 15 is 0 Å². The van der Waals surface area contributed by atoms with Gasteiger partial charge in [0.1, 0.15) is 17.0 Å². The molecular weight excluding hydrogens is 526 g/mol. The molecule has 0 saturated carbocycles. The van der Waals surface area contributed by atoms with Crippen molar-refractivity contribution in [2.75, 3.05) is 51.6 Å². The topological polar surface area (TPSA) is 128 Å². The molecule has 214 valence electrons. The van der Waals surface area contributed by atoms with Gasteiger partial charge in [-0.1, -0.05) is 18.2 Å². The van der Waals surface area contributed by atoms with E-state index in [-0.39, 0.29) is 17.2 Å². The molecule has 0 aliphatic carbocycles. The second-order valence-electron chi connectivity index (χ2n) is 10.2. The number of esters is 1. The number of carbonyl (C=O) groups excluding carboxylic acids is 1. The molecule has 1 aliphatic rings. The third kappa shape index (κ3) is 5.38. The second-order valence-corrected chi connectivity index (χ2v) is 10.2. The lowest BCUT2D eigenvalue weighted by molar-refractivity contribution is -0.384. The van der Waals surface area contributed by atoms with Crippen molar-refractivity contribution >= 4 is 39.9 Å². The summed E-state index contributed by atoms with van der Waals surface area (Å²) in [4.78, 5) is 37.6. The zero-order valence-electron chi connectivity index (χ0n) is 23.7. The zero-order chi connectivity index (χ0) is 29.3. The van der Waals surface area contributed by atoms with Gasteiger partial charge in [0.15, 0.2) is 0 Å². The van der Waals surface area contributed by atoms with Crippen LogP contribution in [0.15, 0.2) is 48.8 Å². The van der Waals surface area contributed by atoms with E-state index in [2.05, 4.69) is 27.2 Å². The van der Waals surface area contributed by atoms with Crippen LogP contribution in [0.4, 0.5) is 23.0 Å². The lowest BCUT2D eigenvalue weighted by Gasteiger charge is -2.27. The van der Waals surface area contributed by atoms with E-state index in [1.54, 1.807) is 6.07 Å². The molecule has 5 rings (SSSR count).